The molecular formula is C29H34N4O. The summed E-state index contributed by atoms with van der Waals surface area (Å²) in [7, 11) is 0. The van der Waals surface area contributed by atoms with Crippen LogP contribution in [0.5, 0.6) is 0 Å². The van der Waals surface area contributed by atoms with Crippen LogP contribution in [0.15, 0.2) is 78.9 Å². The molecule has 0 aliphatic carbocycles. The second-order valence-electron chi connectivity index (χ2n) is 9.23. The highest BCUT2D eigenvalue weighted by atomic mass is 16.2. The Morgan fingerprint density at radius 3 is 2.32 bits per heavy atom. The van der Waals surface area contributed by atoms with Crippen LogP contribution in [-0.2, 0) is 6.54 Å². The van der Waals surface area contributed by atoms with E-state index in [-0.39, 0.29) is 17.9 Å². The number of hydrogen-bond donors (Lipinski definition) is 1. The summed E-state index contributed by atoms with van der Waals surface area (Å²) in [4.78, 5) is 20.9. The number of aryl methyl sites for hydroxylation is 1. The SMILES string of the molecule is Cc1ccc(C(=O)N(CCCN)[C@@H](c2nc3ccccc3n2Cc2ccccc2)C(C)C)cc1. The van der Waals surface area contributed by atoms with Gasteiger partial charge in [0.2, 0.25) is 0 Å². The van der Waals surface area contributed by atoms with Crippen LogP contribution >= 0.6 is 0 Å². The van der Waals surface area contributed by atoms with Gasteiger partial charge < -0.3 is 15.2 Å². The number of para-hydroxylation sites is 2. The Hall–Kier alpha value is -3.44. The molecule has 3 aromatic carbocycles. The Labute approximate surface area is 202 Å². The minimum Gasteiger partial charge on any atom is -0.330 e. The summed E-state index contributed by atoms with van der Waals surface area (Å²) >= 11 is 0. The molecule has 1 aromatic heterocycles. The van der Waals surface area contributed by atoms with Crippen molar-refractivity contribution in [2.45, 2.75) is 39.8 Å². The largest absolute Gasteiger partial charge is 0.330 e. The maximum atomic E-state index is 13.8. The van der Waals surface area contributed by atoms with E-state index < -0.39 is 0 Å². The van der Waals surface area contributed by atoms with Gasteiger partial charge in [0.05, 0.1) is 17.1 Å². The van der Waals surface area contributed by atoms with Crippen molar-refractivity contribution in [3.8, 4) is 0 Å². The van der Waals surface area contributed by atoms with Crippen LogP contribution in [-0.4, -0.2) is 33.4 Å². The van der Waals surface area contributed by atoms with Crippen LogP contribution < -0.4 is 5.73 Å². The molecular weight excluding hydrogens is 420 g/mol. The molecule has 0 fully saturated rings. The second-order valence-corrected chi connectivity index (χ2v) is 9.23. The van der Waals surface area contributed by atoms with Gasteiger partial charge in [-0.1, -0.05) is 74.0 Å². The number of carbonyl (C=O) groups excluding carboxylic acids is 1. The number of benzene rings is 3. The summed E-state index contributed by atoms with van der Waals surface area (Å²) in [6, 6.07) is 26.2. The first kappa shape index (κ1) is 23.7. The normalized spacial score (nSPS) is 12.3. The maximum Gasteiger partial charge on any atom is 0.254 e. The summed E-state index contributed by atoms with van der Waals surface area (Å²) in [5, 5.41) is 0. The number of imidazole rings is 1. The minimum absolute atomic E-state index is 0.0190. The lowest BCUT2D eigenvalue weighted by Gasteiger charge is -2.34. The van der Waals surface area contributed by atoms with E-state index >= 15 is 0 Å². The summed E-state index contributed by atoms with van der Waals surface area (Å²) in [6.45, 7) is 8.17. The summed E-state index contributed by atoms with van der Waals surface area (Å²) < 4.78 is 2.27. The Balaban J connectivity index is 1.83. The van der Waals surface area contributed by atoms with Gasteiger partial charge in [0.1, 0.15) is 5.82 Å². The molecule has 0 radical (unpaired) electrons. The fraction of sp³-hybridized carbons (Fsp3) is 0.310. The van der Waals surface area contributed by atoms with E-state index in [2.05, 4.69) is 48.7 Å². The van der Waals surface area contributed by atoms with E-state index in [1.165, 1.54) is 5.56 Å². The molecule has 0 saturated heterocycles. The van der Waals surface area contributed by atoms with Crippen molar-refractivity contribution in [1.29, 1.82) is 0 Å². The number of nitrogens with two attached hydrogens (primary N) is 1. The third-order valence-electron chi connectivity index (χ3n) is 6.26. The maximum absolute atomic E-state index is 13.8. The third-order valence-corrected chi connectivity index (χ3v) is 6.26. The standard InChI is InChI=1S/C29H34N4O/c1-21(2)27(32(19-9-18-30)29(34)24-16-14-22(3)15-17-24)28-31-25-12-7-8-13-26(25)33(28)20-23-10-5-4-6-11-23/h4-8,10-17,21,27H,9,18-20,30H2,1-3H3/t27-/m1/s1. The number of aromatic nitrogens is 2. The van der Waals surface area contributed by atoms with E-state index in [0.717, 1.165) is 28.8 Å². The highest BCUT2D eigenvalue weighted by Crippen LogP contribution is 2.33. The van der Waals surface area contributed by atoms with Gasteiger partial charge in [0, 0.05) is 18.7 Å². The van der Waals surface area contributed by atoms with Gasteiger partial charge in [-0.3, -0.25) is 4.79 Å². The van der Waals surface area contributed by atoms with Crippen LogP contribution in [0.25, 0.3) is 11.0 Å². The Morgan fingerprint density at radius 1 is 0.971 bits per heavy atom. The smallest absolute Gasteiger partial charge is 0.254 e. The molecule has 176 valence electrons. The van der Waals surface area contributed by atoms with Gasteiger partial charge >= 0.3 is 0 Å². The average Bonchev–Trinajstić information content (AvgIpc) is 3.19. The van der Waals surface area contributed by atoms with Crippen LogP contribution in [0.1, 0.15) is 53.6 Å². The number of hydrogen-bond acceptors (Lipinski definition) is 3. The molecule has 0 bridgehead atoms. The van der Waals surface area contributed by atoms with Gasteiger partial charge in [-0.25, -0.2) is 4.98 Å². The lowest BCUT2D eigenvalue weighted by atomic mass is 9.99. The zero-order valence-electron chi connectivity index (χ0n) is 20.3. The van der Waals surface area contributed by atoms with Crippen LogP contribution in [0.2, 0.25) is 0 Å². The molecule has 0 aliphatic rings. The first-order chi connectivity index (χ1) is 16.5. The fourth-order valence-corrected chi connectivity index (χ4v) is 4.54. The molecule has 1 amide bonds. The summed E-state index contributed by atoms with van der Waals surface area (Å²) in [5.74, 6) is 1.10. The highest BCUT2D eigenvalue weighted by molar-refractivity contribution is 5.94. The van der Waals surface area contributed by atoms with E-state index in [0.29, 0.717) is 25.2 Å². The predicted molar refractivity (Wildman–Crippen MR) is 139 cm³/mol. The van der Waals surface area contributed by atoms with Crippen molar-refractivity contribution in [1.82, 2.24) is 14.5 Å². The molecule has 0 aliphatic heterocycles. The Bertz CT molecular complexity index is 1230. The molecule has 0 unspecified atom stereocenters. The summed E-state index contributed by atoms with van der Waals surface area (Å²) in [6.07, 6.45) is 0.736. The number of fused-ring (bicyclic) bond motifs is 1. The first-order valence-electron chi connectivity index (χ1n) is 12.1. The molecule has 4 aromatic rings. The predicted octanol–water partition coefficient (Wildman–Crippen LogP) is 5.58. The second kappa shape index (κ2) is 10.7. The molecule has 5 nitrogen and oxygen atoms in total. The van der Waals surface area contributed by atoms with E-state index in [1.807, 2.05) is 60.4 Å². The monoisotopic (exact) mass is 454 g/mol. The van der Waals surface area contributed by atoms with Crippen molar-refractivity contribution in [2.75, 3.05) is 13.1 Å². The van der Waals surface area contributed by atoms with Crippen molar-refractivity contribution in [3.05, 3.63) is 101 Å². The third kappa shape index (κ3) is 5.05. The fourth-order valence-electron chi connectivity index (χ4n) is 4.54. The number of amides is 1. The van der Waals surface area contributed by atoms with Crippen molar-refractivity contribution >= 4 is 16.9 Å². The molecule has 0 saturated carbocycles. The number of carbonyl (C=O) groups is 1. The molecule has 4 rings (SSSR count). The van der Waals surface area contributed by atoms with Crippen LogP contribution in [0.4, 0.5) is 0 Å². The molecule has 1 atom stereocenters. The zero-order valence-corrected chi connectivity index (χ0v) is 20.3. The van der Waals surface area contributed by atoms with E-state index in [9.17, 15) is 4.79 Å². The quantitative estimate of drug-likeness (QED) is 0.359. The van der Waals surface area contributed by atoms with Crippen molar-refractivity contribution in [2.24, 2.45) is 11.7 Å². The summed E-state index contributed by atoms with van der Waals surface area (Å²) in [5.41, 5.74) is 10.9. The molecule has 2 N–H and O–H groups in total. The molecule has 5 heteroatoms. The van der Waals surface area contributed by atoms with Gasteiger partial charge in [0.15, 0.2) is 0 Å². The lowest BCUT2D eigenvalue weighted by molar-refractivity contribution is 0.0605. The van der Waals surface area contributed by atoms with Crippen LogP contribution in [0, 0.1) is 12.8 Å². The zero-order chi connectivity index (χ0) is 24.1. The van der Waals surface area contributed by atoms with Gasteiger partial charge in [-0.15, -0.1) is 0 Å². The number of nitrogens with zero attached hydrogens (tertiary/aromatic N) is 3. The van der Waals surface area contributed by atoms with Crippen molar-refractivity contribution < 1.29 is 4.79 Å². The van der Waals surface area contributed by atoms with Gasteiger partial charge in [-0.2, -0.15) is 0 Å². The van der Waals surface area contributed by atoms with E-state index in [4.69, 9.17) is 10.7 Å². The highest BCUT2D eigenvalue weighted by Gasteiger charge is 2.32. The molecule has 0 spiro atoms. The molecule has 1 heterocycles. The average molecular weight is 455 g/mol. The Morgan fingerprint density at radius 2 is 1.65 bits per heavy atom. The van der Waals surface area contributed by atoms with Crippen molar-refractivity contribution in [3.63, 3.8) is 0 Å². The molecule has 34 heavy (non-hydrogen) atoms. The Kier molecular flexibility index (Phi) is 7.43. The van der Waals surface area contributed by atoms with Gasteiger partial charge in [-0.05, 0) is 55.6 Å². The lowest BCUT2D eigenvalue weighted by Crippen LogP contribution is -2.40. The van der Waals surface area contributed by atoms with E-state index in [1.54, 1.807) is 0 Å². The topological polar surface area (TPSA) is 64.2 Å². The minimum atomic E-state index is -0.184. The van der Waals surface area contributed by atoms with Gasteiger partial charge in [0.25, 0.3) is 5.91 Å². The number of rotatable bonds is 9. The van der Waals surface area contributed by atoms with Crippen LogP contribution in [0.3, 0.4) is 0 Å². The first-order valence-corrected chi connectivity index (χ1v) is 12.1.